The number of aromatic nitrogens is 1. The van der Waals surface area contributed by atoms with E-state index in [2.05, 4.69) is 15.6 Å². The summed E-state index contributed by atoms with van der Waals surface area (Å²) in [6, 6.07) is 9.90. The fourth-order valence-corrected chi connectivity index (χ4v) is 6.06. The monoisotopic (exact) mass is 476 g/mol. The molecule has 4 rings (SSSR count). The Morgan fingerprint density at radius 1 is 1.16 bits per heavy atom. The number of thiazole rings is 1. The van der Waals surface area contributed by atoms with E-state index < -0.39 is 21.8 Å². The van der Waals surface area contributed by atoms with Crippen LogP contribution in [0, 0.1) is 11.7 Å². The van der Waals surface area contributed by atoms with Crippen LogP contribution in [0.15, 0.2) is 47.4 Å². The highest BCUT2D eigenvalue weighted by molar-refractivity contribution is 7.89. The lowest BCUT2D eigenvalue weighted by Gasteiger charge is -2.31. The summed E-state index contributed by atoms with van der Waals surface area (Å²) in [4.78, 5) is 28.4. The zero-order chi connectivity index (χ0) is 22.9. The molecule has 2 heterocycles. The average Bonchev–Trinajstić information content (AvgIpc) is 3.15. The Hall–Kier alpha value is -2.89. The van der Waals surface area contributed by atoms with Gasteiger partial charge in [0.2, 0.25) is 21.8 Å². The molecule has 8 nitrogen and oxygen atoms in total. The first-order valence-electron chi connectivity index (χ1n) is 9.97. The highest BCUT2D eigenvalue weighted by atomic mass is 32.2. The van der Waals surface area contributed by atoms with E-state index in [1.165, 1.54) is 34.7 Å². The first kappa shape index (κ1) is 22.3. The summed E-state index contributed by atoms with van der Waals surface area (Å²) >= 11 is 1.30. The Kier molecular flexibility index (Phi) is 6.22. The molecule has 0 radical (unpaired) electrons. The first-order chi connectivity index (χ1) is 15.2. The van der Waals surface area contributed by atoms with E-state index in [9.17, 15) is 22.4 Å². The van der Waals surface area contributed by atoms with E-state index in [0.717, 1.165) is 16.8 Å². The lowest BCUT2D eigenvalue weighted by molar-refractivity contribution is -0.121. The largest absolute Gasteiger partial charge is 0.326 e. The molecule has 1 aromatic heterocycles. The highest BCUT2D eigenvalue weighted by Crippen LogP contribution is 2.29. The van der Waals surface area contributed by atoms with Crippen molar-refractivity contribution in [1.29, 1.82) is 0 Å². The molecule has 2 aromatic carbocycles. The number of amides is 2. The van der Waals surface area contributed by atoms with E-state index in [1.807, 2.05) is 0 Å². The molecule has 1 saturated heterocycles. The van der Waals surface area contributed by atoms with Crippen molar-refractivity contribution in [2.75, 3.05) is 23.7 Å². The maximum atomic E-state index is 13.2. The van der Waals surface area contributed by atoms with Gasteiger partial charge in [0.15, 0.2) is 5.13 Å². The van der Waals surface area contributed by atoms with Crippen molar-refractivity contribution in [2.24, 2.45) is 5.92 Å². The van der Waals surface area contributed by atoms with Gasteiger partial charge in [-0.15, -0.1) is 0 Å². The number of halogens is 1. The lowest BCUT2D eigenvalue weighted by atomic mass is 9.98. The predicted octanol–water partition coefficient (Wildman–Crippen LogP) is 3.43. The van der Waals surface area contributed by atoms with Gasteiger partial charge in [0.25, 0.3) is 0 Å². The van der Waals surface area contributed by atoms with E-state index >= 15 is 0 Å². The molecule has 168 valence electrons. The van der Waals surface area contributed by atoms with Crippen LogP contribution in [0.3, 0.4) is 0 Å². The molecule has 1 atom stereocenters. The molecule has 1 aliphatic rings. The number of nitrogens with zero attached hydrogens (tertiary/aromatic N) is 2. The second kappa shape index (κ2) is 8.93. The van der Waals surface area contributed by atoms with Crippen molar-refractivity contribution in [2.45, 2.75) is 24.7 Å². The summed E-state index contributed by atoms with van der Waals surface area (Å²) in [5, 5.41) is 5.97. The number of rotatable bonds is 5. The summed E-state index contributed by atoms with van der Waals surface area (Å²) in [5.41, 5.74) is 1.27. The fraction of sp³-hybridized carbons (Fsp3) is 0.286. The molecule has 1 unspecified atom stereocenters. The zero-order valence-corrected chi connectivity index (χ0v) is 18.8. The van der Waals surface area contributed by atoms with Gasteiger partial charge in [-0.1, -0.05) is 11.3 Å². The Morgan fingerprint density at radius 2 is 1.91 bits per heavy atom. The molecule has 11 heteroatoms. The minimum Gasteiger partial charge on any atom is -0.326 e. The summed E-state index contributed by atoms with van der Waals surface area (Å²) in [6.07, 6.45) is 1.11. The number of hydrogen-bond donors (Lipinski definition) is 2. The van der Waals surface area contributed by atoms with E-state index in [1.54, 1.807) is 18.2 Å². The predicted molar refractivity (Wildman–Crippen MR) is 120 cm³/mol. The van der Waals surface area contributed by atoms with E-state index in [-0.39, 0.29) is 23.3 Å². The molecule has 2 amide bonds. The summed E-state index contributed by atoms with van der Waals surface area (Å²) in [7, 11) is -3.81. The number of anilines is 2. The quantitative estimate of drug-likeness (QED) is 0.587. The molecule has 0 spiro atoms. The van der Waals surface area contributed by atoms with Crippen LogP contribution in [0.1, 0.15) is 19.8 Å². The number of benzene rings is 2. The number of piperidine rings is 1. The SMILES string of the molecule is CC(=O)Nc1nc2ccc(NC(=O)C3CCCN(S(=O)(=O)c4ccc(F)cc4)C3)cc2s1. The minimum atomic E-state index is -3.81. The van der Waals surface area contributed by atoms with Crippen molar-refractivity contribution in [3.63, 3.8) is 0 Å². The van der Waals surface area contributed by atoms with Crippen LogP contribution < -0.4 is 10.6 Å². The molecular weight excluding hydrogens is 455 g/mol. The average molecular weight is 477 g/mol. The van der Waals surface area contributed by atoms with Gasteiger partial charge in [0, 0.05) is 25.7 Å². The van der Waals surface area contributed by atoms with Crippen LogP contribution in [0.2, 0.25) is 0 Å². The molecule has 1 fully saturated rings. The first-order valence-corrected chi connectivity index (χ1v) is 12.2. The van der Waals surface area contributed by atoms with Gasteiger partial charge < -0.3 is 10.6 Å². The number of fused-ring (bicyclic) bond motifs is 1. The van der Waals surface area contributed by atoms with Gasteiger partial charge >= 0.3 is 0 Å². The number of carbonyl (C=O) groups is 2. The van der Waals surface area contributed by atoms with Crippen LogP contribution in [-0.4, -0.2) is 42.6 Å². The lowest BCUT2D eigenvalue weighted by Crippen LogP contribution is -2.43. The topological polar surface area (TPSA) is 108 Å². The third-order valence-electron chi connectivity index (χ3n) is 5.15. The van der Waals surface area contributed by atoms with Crippen molar-refractivity contribution in [3.05, 3.63) is 48.3 Å². The van der Waals surface area contributed by atoms with Gasteiger partial charge in [-0.25, -0.2) is 17.8 Å². The van der Waals surface area contributed by atoms with Gasteiger partial charge in [0.1, 0.15) is 5.82 Å². The van der Waals surface area contributed by atoms with Gasteiger partial charge in [0.05, 0.1) is 21.0 Å². The second-order valence-electron chi connectivity index (χ2n) is 7.53. The third kappa shape index (κ3) is 4.79. The van der Waals surface area contributed by atoms with Gasteiger partial charge in [-0.05, 0) is 55.3 Å². The second-order valence-corrected chi connectivity index (χ2v) is 10.5. The minimum absolute atomic E-state index is 0.00517. The highest BCUT2D eigenvalue weighted by Gasteiger charge is 2.33. The Morgan fingerprint density at radius 3 is 2.62 bits per heavy atom. The number of nitrogens with one attached hydrogen (secondary N) is 2. The molecule has 0 bridgehead atoms. The fourth-order valence-electron chi connectivity index (χ4n) is 3.58. The molecule has 0 aliphatic carbocycles. The van der Waals surface area contributed by atoms with E-state index in [0.29, 0.717) is 35.7 Å². The van der Waals surface area contributed by atoms with Crippen molar-refractivity contribution >= 4 is 54.2 Å². The van der Waals surface area contributed by atoms with Crippen LogP contribution in [-0.2, 0) is 19.6 Å². The Balaban J connectivity index is 1.46. The third-order valence-corrected chi connectivity index (χ3v) is 7.96. The van der Waals surface area contributed by atoms with Crippen LogP contribution in [0.4, 0.5) is 15.2 Å². The van der Waals surface area contributed by atoms with Crippen LogP contribution in [0.25, 0.3) is 10.2 Å². The van der Waals surface area contributed by atoms with Crippen molar-refractivity contribution in [1.82, 2.24) is 9.29 Å². The number of hydrogen-bond acceptors (Lipinski definition) is 6. The molecule has 0 saturated carbocycles. The summed E-state index contributed by atoms with van der Waals surface area (Å²) < 4.78 is 41.0. The molecule has 2 N–H and O–H groups in total. The van der Waals surface area contributed by atoms with Crippen LogP contribution in [0.5, 0.6) is 0 Å². The van der Waals surface area contributed by atoms with Gasteiger partial charge in [-0.2, -0.15) is 4.31 Å². The Labute approximate surface area is 188 Å². The van der Waals surface area contributed by atoms with E-state index in [4.69, 9.17) is 0 Å². The summed E-state index contributed by atoms with van der Waals surface area (Å²) in [6.45, 7) is 1.77. The zero-order valence-electron chi connectivity index (χ0n) is 17.2. The maximum Gasteiger partial charge on any atom is 0.243 e. The number of sulfonamides is 1. The smallest absolute Gasteiger partial charge is 0.243 e. The molecular formula is C21H21FN4O4S2. The van der Waals surface area contributed by atoms with Crippen LogP contribution >= 0.6 is 11.3 Å². The van der Waals surface area contributed by atoms with Gasteiger partial charge in [-0.3, -0.25) is 9.59 Å². The molecule has 32 heavy (non-hydrogen) atoms. The van der Waals surface area contributed by atoms with Crippen molar-refractivity contribution in [3.8, 4) is 0 Å². The molecule has 1 aliphatic heterocycles. The normalized spacial score (nSPS) is 17.2. The van der Waals surface area contributed by atoms with Crippen molar-refractivity contribution < 1.29 is 22.4 Å². The summed E-state index contributed by atoms with van der Waals surface area (Å²) in [5.74, 6) is -1.50. The number of carbonyl (C=O) groups excluding carboxylic acids is 2. The Bertz CT molecular complexity index is 1270. The standard InChI is InChI=1S/C21H21FN4O4S2/c1-13(27)23-21-25-18-9-6-16(11-19(18)31-21)24-20(28)14-3-2-10-26(12-14)32(29,30)17-7-4-15(22)5-8-17/h4-9,11,14H,2-3,10,12H2,1H3,(H,24,28)(H,23,25,27). The molecule has 3 aromatic rings. The maximum absolute atomic E-state index is 13.2.